The molecule has 0 saturated carbocycles. The molecule has 6 nitrogen and oxygen atoms in total. The summed E-state index contributed by atoms with van der Waals surface area (Å²) in [7, 11) is 1.60. The lowest BCUT2D eigenvalue weighted by atomic mass is 10.1. The van der Waals surface area contributed by atoms with Crippen molar-refractivity contribution >= 4 is 5.91 Å². The zero-order valence-electron chi connectivity index (χ0n) is 14.4. The highest BCUT2D eigenvalue weighted by Gasteiger charge is 2.11. The van der Waals surface area contributed by atoms with Gasteiger partial charge in [-0.3, -0.25) is 4.79 Å². The maximum Gasteiger partial charge on any atom is 0.241 e. The zero-order chi connectivity index (χ0) is 18.4. The number of carbonyl (C=O) groups excluding carboxylic acids is 1. The Bertz CT molecular complexity index is 877. The number of amides is 1. The number of ether oxygens (including phenoxy) is 1. The van der Waals surface area contributed by atoms with E-state index in [0.29, 0.717) is 24.4 Å². The average Bonchev–Trinajstić information content (AvgIpc) is 3.11. The third kappa shape index (κ3) is 4.44. The first-order valence-corrected chi connectivity index (χ1v) is 8.20. The molecule has 1 heterocycles. The monoisotopic (exact) mass is 354 g/mol. The Morgan fingerprint density at radius 2 is 1.96 bits per heavy atom. The van der Waals surface area contributed by atoms with E-state index >= 15 is 0 Å². The van der Waals surface area contributed by atoms with Gasteiger partial charge in [0.05, 0.1) is 13.3 Å². The number of para-hydroxylation sites is 1. The predicted molar refractivity (Wildman–Crippen MR) is 95.1 cm³/mol. The number of aromatic nitrogens is 3. The average molecular weight is 354 g/mol. The molecular weight excluding hydrogens is 335 g/mol. The van der Waals surface area contributed by atoms with E-state index in [1.807, 2.05) is 24.3 Å². The summed E-state index contributed by atoms with van der Waals surface area (Å²) in [6.45, 7) is 0.546. The number of methoxy groups -OCH3 is 1. The van der Waals surface area contributed by atoms with Crippen LogP contribution in [0.4, 0.5) is 4.39 Å². The van der Waals surface area contributed by atoms with Gasteiger partial charge in [0.2, 0.25) is 5.91 Å². The first-order chi connectivity index (χ1) is 12.7. The molecule has 134 valence electrons. The van der Waals surface area contributed by atoms with Crippen molar-refractivity contribution < 1.29 is 13.9 Å². The van der Waals surface area contributed by atoms with Crippen LogP contribution in [0.5, 0.6) is 5.75 Å². The Kier molecular flexibility index (Phi) is 5.58. The second-order valence-corrected chi connectivity index (χ2v) is 5.73. The van der Waals surface area contributed by atoms with Crippen LogP contribution in [-0.4, -0.2) is 34.6 Å². The molecule has 1 aromatic heterocycles. The van der Waals surface area contributed by atoms with E-state index in [4.69, 9.17) is 4.74 Å². The van der Waals surface area contributed by atoms with Gasteiger partial charge in [0.25, 0.3) is 0 Å². The molecule has 1 N–H and O–H groups in total. The van der Waals surface area contributed by atoms with Gasteiger partial charge in [0.15, 0.2) is 0 Å². The van der Waals surface area contributed by atoms with Crippen molar-refractivity contribution in [1.82, 2.24) is 20.3 Å². The van der Waals surface area contributed by atoms with Crippen LogP contribution in [0, 0.1) is 5.82 Å². The quantitative estimate of drug-likeness (QED) is 0.708. The molecule has 0 bridgehead atoms. The number of halogens is 1. The van der Waals surface area contributed by atoms with Crippen molar-refractivity contribution in [2.24, 2.45) is 0 Å². The molecule has 0 aliphatic carbocycles. The van der Waals surface area contributed by atoms with E-state index in [1.54, 1.807) is 25.4 Å². The smallest absolute Gasteiger partial charge is 0.241 e. The second-order valence-electron chi connectivity index (χ2n) is 5.73. The van der Waals surface area contributed by atoms with E-state index in [-0.39, 0.29) is 18.3 Å². The van der Waals surface area contributed by atoms with Gasteiger partial charge in [-0.05, 0) is 36.2 Å². The maximum atomic E-state index is 12.9. The highest BCUT2D eigenvalue weighted by Crippen LogP contribution is 2.27. The van der Waals surface area contributed by atoms with Crippen LogP contribution in [0.1, 0.15) is 5.56 Å². The Morgan fingerprint density at radius 3 is 2.73 bits per heavy atom. The number of carbonyl (C=O) groups is 1. The molecule has 0 atom stereocenters. The van der Waals surface area contributed by atoms with E-state index in [0.717, 1.165) is 11.1 Å². The Morgan fingerprint density at radius 1 is 1.19 bits per heavy atom. The van der Waals surface area contributed by atoms with Gasteiger partial charge in [-0.25, -0.2) is 9.07 Å². The van der Waals surface area contributed by atoms with Crippen LogP contribution >= 0.6 is 0 Å². The SMILES string of the molecule is COc1ccccc1-c1cn(CC(=O)NCCc2ccc(F)cc2)nn1. The summed E-state index contributed by atoms with van der Waals surface area (Å²) < 4.78 is 19.7. The summed E-state index contributed by atoms with van der Waals surface area (Å²) in [6, 6.07) is 13.7. The van der Waals surface area contributed by atoms with Crippen molar-refractivity contribution in [3.63, 3.8) is 0 Å². The number of hydrogen-bond donors (Lipinski definition) is 1. The molecule has 26 heavy (non-hydrogen) atoms. The fourth-order valence-electron chi connectivity index (χ4n) is 2.56. The van der Waals surface area contributed by atoms with Crippen molar-refractivity contribution in [2.45, 2.75) is 13.0 Å². The Hall–Kier alpha value is -3.22. The molecule has 0 radical (unpaired) electrons. The summed E-state index contributed by atoms with van der Waals surface area (Å²) in [4.78, 5) is 12.0. The molecule has 0 aliphatic heterocycles. The van der Waals surface area contributed by atoms with Crippen molar-refractivity contribution in [3.05, 3.63) is 66.1 Å². The molecule has 3 aromatic rings. The second kappa shape index (κ2) is 8.24. The molecule has 3 rings (SSSR count). The van der Waals surface area contributed by atoms with E-state index in [9.17, 15) is 9.18 Å². The van der Waals surface area contributed by atoms with Gasteiger partial charge in [-0.2, -0.15) is 0 Å². The number of benzene rings is 2. The first-order valence-electron chi connectivity index (χ1n) is 8.20. The first kappa shape index (κ1) is 17.6. The minimum absolute atomic E-state index is 0.0750. The van der Waals surface area contributed by atoms with Crippen LogP contribution in [0.25, 0.3) is 11.3 Å². The van der Waals surface area contributed by atoms with Crippen molar-refractivity contribution in [2.75, 3.05) is 13.7 Å². The third-order valence-corrected chi connectivity index (χ3v) is 3.88. The molecule has 0 saturated heterocycles. The van der Waals surface area contributed by atoms with Crippen LogP contribution < -0.4 is 10.1 Å². The van der Waals surface area contributed by atoms with E-state index in [1.165, 1.54) is 16.8 Å². The predicted octanol–water partition coefficient (Wildman–Crippen LogP) is 2.45. The maximum absolute atomic E-state index is 12.9. The minimum Gasteiger partial charge on any atom is -0.496 e. The summed E-state index contributed by atoms with van der Waals surface area (Å²) in [5, 5.41) is 10.9. The molecule has 0 spiro atoms. The lowest BCUT2D eigenvalue weighted by Crippen LogP contribution is -2.29. The molecular formula is C19H19FN4O2. The molecule has 0 aliphatic rings. The van der Waals surface area contributed by atoms with Gasteiger partial charge in [0, 0.05) is 12.1 Å². The lowest BCUT2D eigenvalue weighted by Gasteiger charge is -2.05. The lowest BCUT2D eigenvalue weighted by molar-refractivity contribution is -0.121. The third-order valence-electron chi connectivity index (χ3n) is 3.88. The highest BCUT2D eigenvalue weighted by atomic mass is 19.1. The van der Waals surface area contributed by atoms with Gasteiger partial charge in [-0.15, -0.1) is 5.10 Å². The van der Waals surface area contributed by atoms with Gasteiger partial charge >= 0.3 is 0 Å². The summed E-state index contributed by atoms with van der Waals surface area (Å²) in [5.41, 5.74) is 2.42. The van der Waals surface area contributed by atoms with Crippen LogP contribution in [0.15, 0.2) is 54.7 Å². The number of nitrogens with one attached hydrogen (secondary N) is 1. The summed E-state index contributed by atoms with van der Waals surface area (Å²) in [6.07, 6.45) is 2.34. The normalized spacial score (nSPS) is 10.5. The number of hydrogen-bond acceptors (Lipinski definition) is 4. The molecule has 7 heteroatoms. The minimum atomic E-state index is -0.269. The van der Waals surface area contributed by atoms with Crippen LogP contribution in [0.2, 0.25) is 0 Å². The molecule has 1 amide bonds. The van der Waals surface area contributed by atoms with Crippen molar-refractivity contribution in [1.29, 1.82) is 0 Å². The summed E-state index contributed by atoms with van der Waals surface area (Å²) >= 11 is 0. The Balaban J connectivity index is 1.53. The van der Waals surface area contributed by atoms with Crippen LogP contribution in [0.3, 0.4) is 0 Å². The fourth-order valence-corrected chi connectivity index (χ4v) is 2.56. The number of rotatable bonds is 7. The van der Waals surface area contributed by atoms with Gasteiger partial charge in [0.1, 0.15) is 23.8 Å². The van der Waals surface area contributed by atoms with Crippen molar-refractivity contribution in [3.8, 4) is 17.0 Å². The topological polar surface area (TPSA) is 69.0 Å². The van der Waals surface area contributed by atoms with E-state index < -0.39 is 0 Å². The van der Waals surface area contributed by atoms with E-state index in [2.05, 4.69) is 15.6 Å². The van der Waals surface area contributed by atoms with Gasteiger partial charge in [-0.1, -0.05) is 29.5 Å². The molecule has 2 aromatic carbocycles. The largest absolute Gasteiger partial charge is 0.496 e. The Labute approximate surface area is 150 Å². The standard InChI is InChI=1S/C19H19FN4O2/c1-26-18-5-3-2-4-16(18)17-12-24(23-22-17)13-19(25)21-11-10-14-6-8-15(20)9-7-14/h2-9,12H,10-11,13H2,1H3,(H,21,25). The highest BCUT2D eigenvalue weighted by molar-refractivity contribution is 5.75. The zero-order valence-corrected chi connectivity index (χ0v) is 14.4. The van der Waals surface area contributed by atoms with Gasteiger partial charge < -0.3 is 10.1 Å². The number of nitrogens with zero attached hydrogens (tertiary/aromatic N) is 3. The fraction of sp³-hybridized carbons (Fsp3) is 0.211. The molecule has 0 unspecified atom stereocenters. The molecule has 0 fully saturated rings. The summed E-state index contributed by atoms with van der Waals surface area (Å²) in [5.74, 6) is 0.265. The van der Waals surface area contributed by atoms with Crippen LogP contribution in [-0.2, 0) is 17.8 Å².